The first kappa shape index (κ1) is 8.34. The highest BCUT2D eigenvalue weighted by Crippen LogP contribution is 2.04. The Morgan fingerprint density at radius 1 is 1.08 bits per heavy atom. The average Bonchev–Trinajstić information content (AvgIpc) is 2.62. The van der Waals surface area contributed by atoms with E-state index in [1.807, 2.05) is 13.8 Å². The first-order valence-corrected chi connectivity index (χ1v) is 4.42. The van der Waals surface area contributed by atoms with Gasteiger partial charge in [0.15, 0.2) is 0 Å². The zero-order valence-corrected chi connectivity index (χ0v) is 7.78. The molecule has 2 atom stereocenters. The van der Waals surface area contributed by atoms with Gasteiger partial charge >= 0.3 is 0 Å². The summed E-state index contributed by atoms with van der Waals surface area (Å²) in [6.45, 7) is 5.25. The van der Waals surface area contributed by atoms with Crippen LogP contribution in [0, 0.1) is 0 Å². The van der Waals surface area contributed by atoms with E-state index in [0.717, 1.165) is 0 Å². The number of nitrogens with zero attached hydrogens (tertiary/aromatic N) is 2. The van der Waals surface area contributed by atoms with Crippen molar-refractivity contribution in [1.82, 2.24) is 5.32 Å². The van der Waals surface area contributed by atoms with E-state index < -0.39 is 0 Å². The highest BCUT2D eigenvalue weighted by molar-refractivity contribution is 5.94. The summed E-state index contributed by atoms with van der Waals surface area (Å²) in [5.41, 5.74) is 0. The first-order valence-electron chi connectivity index (χ1n) is 4.42. The van der Waals surface area contributed by atoms with Crippen LogP contribution in [0.3, 0.4) is 0 Å². The van der Waals surface area contributed by atoms with Gasteiger partial charge in [0.25, 0.3) is 12.0 Å². The van der Waals surface area contributed by atoms with Crippen molar-refractivity contribution in [2.24, 2.45) is 9.98 Å². The molecule has 0 aliphatic carbocycles. The number of nitrogens with one attached hydrogen (secondary N) is 1. The van der Waals surface area contributed by atoms with Crippen molar-refractivity contribution >= 4 is 12.0 Å². The number of amidine groups is 2. The Hall–Kier alpha value is -1.26. The molecule has 0 radical (unpaired) electrons. The summed E-state index contributed by atoms with van der Waals surface area (Å²) in [5.74, 6) is 0. The molecular weight excluding hydrogens is 170 g/mol. The molecule has 0 spiro atoms. The molecule has 0 fully saturated rings. The predicted molar refractivity (Wildman–Crippen MR) is 48.8 cm³/mol. The summed E-state index contributed by atoms with van der Waals surface area (Å²) in [6.07, 6.45) is 0. The molecule has 0 unspecified atom stereocenters. The summed E-state index contributed by atoms with van der Waals surface area (Å²) < 4.78 is 10.5. The minimum absolute atomic E-state index is 0.224. The molecule has 0 aromatic carbocycles. The molecule has 2 rings (SSSR count). The molecule has 0 saturated carbocycles. The minimum atomic E-state index is 0.224. The molecule has 13 heavy (non-hydrogen) atoms. The summed E-state index contributed by atoms with van der Waals surface area (Å²) in [5, 5.41) is 2.89. The fourth-order valence-corrected chi connectivity index (χ4v) is 1.18. The zero-order valence-electron chi connectivity index (χ0n) is 7.78. The lowest BCUT2D eigenvalue weighted by Crippen LogP contribution is -2.30. The van der Waals surface area contributed by atoms with Crippen LogP contribution in [0.1, 0.15) is 13.8 Å². The fourth-order valence-electron chi connectivity index (χ4n) is 1.18. The SMILES string of the molecule is C[C@H]1COC(NC2=N[C@@H](C)CO2)=N1. The molecule has 1 N–H and O–H groups in total. The molecule has 0 aromatic rings. The van der Waals surface area contributed by atoms with Gasteiger partial charge in [-0.3, -0.25) is 5.32 Å². The van der Waals surface area contributed by atoms with E-state index in [2.05, 4.69) is 15.3 Å². The fraction of sp³-hybridized carbons (Fsp3) is 0.750. The molecular formula is C8H13N3O2. The third kappa shape index (κ3) is 1.91. The second-order valence-electron chi connectivity index (χ2n) is 3.31. The lowest BCUT2D eigenvalue weighted by atomic mass is 10.4. The predicted octanol–water partition coefficient (Wildman–Crippen LogP) is 0.125. The van der Waals surface area contributed by atoms with Crippen LogP contribution >= 0.6 is 0 Å². The minimum Gasteiger partial charge on any atom is -0.463 e. The Morgan fingerprint density at radius 2 is 1.54 bits per heavy atom. The normalized spacial score (nSPS) is 31.8. The molecule has 5 nitrogen and oxygen atoms in total. The lowest BCUT2D eigenvalue weighted by Gasteiger charge is -2.03. The van der Waals surface area contributed by atoms with Crippen molar-refractivity contribution in [2.75, 3.05) is 13.2 Å². The van der Waals surface area contributed by atoms with Crippen LogP contribution in [0.25, 0.3) is 0 Å². The standard InChI is InChI=1S/C8H13N3O2/c1-5-3-12-7(9-5)11-8-10-6(2)4-13-8/h5-6H,3-4H2,1-2H3,(H,9,10,11)/t5-,6-/m0/s1. The van der Waals surface area contributed by atoms with Crippen molar-refractivity contribution in [1.29, 1.82) is 0 Å². The largest absolute Gasteiger partial charge is 0.463 e. The van der Waals surface area contributed by atoms with Gasteiger partial charge in [-0.15, -0.1) is 0 Å². The summed E-state index contributed by atoms with van der Waals surface area (Å²) >= 11 is 0. The number of hydrogen-bond acceptors (Lipinski definition) is 5. The molecule has 0 aromatic heterocycles. The second-order valence-corrected chi connectivity index (χ2v) is 3.31. The van der Waals surface area contributed by atoms with Crippen molar-refractivity contribution in [3.63, 3.8) is 0 Å². The first-order chi connectivity index (χ1) is 6.24. The van der Waals surface area contributed by atoms with E-state index in [1.165, 1.54) is 0 Å². The third-order valence-corrected chi connectivity index (χ3v) is 1.81. The quantitative estimate of drug-likeness (QED) is 0.580. The van der Waals surface area contributed by atoms with Gasteiger partial charge in [0, 0.05) is 0 Å². The van der Waals surface area contributed by atoms with Gasteiger partial charge in [-0.1, -0.05) is 0 Å². The maximum Gasteiger partial charge on any atom is 0.293 e. The van der Waals surface area contributed by atoms with Crippen molar-refractivity contribution in [3.05, 3.63) is 0 Å². The molecule has 2 aliphatic heterocycles. The van der Waals surface area contributed by atoms with Crippen LogP contribution in [0.5, 0.6) is 0 Å². The van der Waals surface area contributed by atoms with Gasteiger partial charge in [-0.05, 0) is 13.8 Å². The topological polar surface area (TPSA) is 55.2 Å². The molecule has 2 heterocycles. The van der Waals surface area contributed by atoms with Gasteiger partial charge < -0.3 is 9.47 Å². The van der Waals surface area contributed by atoms with E-state index in [1.54, 1.807) is 0 Å². The van der Waals surface area contributed by atoms with E-state index in [-0.39, 0.29) is 12.1 Å². The van der Waals surface area contributed by atoms with Gasteiger partial charge in [0.2, 0.25) is 0 Å². The van der Waals surface area contributed by atoms with E-state index >= 15 is 0 Å². The Bertz CT molecular complexity index is 236. The molecule has 5 heteroatoms. The van der Waals surface area contributed by atoms with Gasteiger partial charge in [0.1, 0.15) is 13.2 Å². The van der Waals surface area contributed by atoms with Crippen molar-refractivity contribution in [3.8, 4) is 0 Å². The Labute approximate surface area is 76.8 Å². The number of ether oxygens (including phenoxy) is 2. The Balaban J connectivity index is 1.92. The van der Waals surface area contributed by atoms with Crippen LogP contribution in [0.2, 0.25) is 0 Å². The van der Waals surface area contributed by atoms with Crippen LogP contribution in [-0.4, -0.2) is 37.3 Å². The number of aliphatic imine (C=N–C) groups is 2. The van der Waals surface area contributed by atoms with Crippen LogP contribution < -0.4 is 5.32 Å². The van der Waals surface area contributed by atoms with Crippen molar-refractivity contribution in [2.45, 2.75) is 25.9 Å². The average molecular weight is 183 g/mol. The highest BCUT2D eigenvalue weighted by Gasteiger charge is 2.20. The maximum atomic E-state index is 5.24. The molecule has 0 bridgehead atoms. The van der Waals surface area contributed by atoms with Crippen LogP contribution in [0.4, 0.5) is 0 Å². The van der Waals surface area contributed by atoms with E-state index in [0.29, 0.717) is 25.3 Å². The summed E-state index contributed by atoms with van der Waals surface area (Å²) in [4.78, 5) is 8.40. The molecule has 0 saturated heterocycles. The number of rotatable bonds is 0. The summed E-state index contributed by atoms with van der Waals surface area (Å²) in [6, 6.07) is 1.48. The molecule has 2 aliphatic rings. The summed E-state index contributed by atoms with van der Waals surface area (Å²) in [7, 11) is 0. The Kier molecular flexibility index (Phi) is 2.08. The van der Waals surface area contributed by atoms with Gasteiger partial charge in [0.05, 0.1) is 12.1 Å². The monoisotopic (exact) mass is 183 g/mol. The molecule has 72 valence electrons. The second kappa shape index (κ2) is 3.24. The maximum absolute atomic E-state index is 5.24. The zero-order chi connectivity index (χ0) is 9.26. The van der Waals surface area contributed by atoms with Gasteiger partial charge in [-0.25, -0.2) is 9.98 Å². The highest BCUT2D eigenvalue weighted by atomic mass is 16.5. The van der Waals surface area contributed by atoms with E-state index in [9.17, 15) is 0 Å². The third-order valence-electron chi connectivity index (χ3n) is 1.81. The molecule has 0 amide bonds. The van der Waals surface area contributed by atoms with E-state index in [4.69, 9.17) is 9.47 Å². The number of hydrogen-bond donors (Lipinski definition) is 1. The van der Waals surface area contributed by atoms with Crippen LogP contribution in [0.15, 0.2) is 9.98 Å². The lowest BCUT2D eigenvalue weighted by molar-refractivity contribution is 0.296. The Morgan fingerprint density at radius 3 is 1.85 bits per heavy atom. The van der Waals surface area contributed by atoms with Gasteiger partial charge in [-0.2, -0.15) is 0 Å². The smallest absolute Gasteiger partial charge is 0.293 e. The van der Waals surface area contributed by atoms with Crippen molar-refractivity contribution < 1.29 is 9.47 Å². The van der Waals surface area contributed by atoms with Crippen LogP contribution in [-0.2, 0) is 9.47 Å².